The number of amides is 2. The van der Waals surface area contributed by atoms with E-state index in [4.69, 9.17) is 4.74 Å². The van der Waals surface area contributed by atoms with E-state index in [0.717, 1.165) is 0 Å². The molecule has 0 aliphatic carbocycles. The molecule has 0 aliphatic heterocycles. The number of carbonyl (C=O) groups is 2. The van der Waals surface area contributed by atoms with Gasteiger partial charge < -0.3 is 15.4 Å². The Bertz CT molecular complexity index is 203. The minimum Gasteiger partial charge on any atom is -0.371 e. The molecule has 0 bridgehead atoms. The normalized spacial score (nSPS) is 10.6. The predicted molar refractivity (Wildman–Crippen MR) is 62.0 cm³/mol. The average molecular weight is 230 g/mol. The molecule has 5 nitrogen and oxygen atoms in total. The zero-order valence-electron chi connectivity index (χ0n) is 10.5. The first kappa shape index (κ1) is 14.9. The Kier molecular flexibility index (Phi) is 7.54. The van der Waals surface area contributed by atoms with E-state index >= 15 is 0 Å². The zero-order valence-corrected chi connectivity index (χ0v) is 10.5. The van der Waals surface area contributed by atoms with E-state index in [0.29, 0.717) is 0 Å². The van der Waals surface area contributed by atoms with Crippen LogP contribution < -0.4 is 10.6 Å². The average Bonchev–Trinajstić information content (AvgIpc) is 2.10. The van der Waals surface area contributed by atoms with Crippen molar-refractivity contribution in [2.24, 2.45) is 0 Å². The highest BCUT2D eigenvalue weighted by Crippen LogP contribution is 1.86. The van der Waals surface area contributed by atoms with Crippen molar-refractivity contribution in [1.82, 2.24) is 10.6 Å². The molecule has 5 heteroatoms. The van der Waals surface area contributed by atoms with Gasteiger partial charge in [-0.25, -0.2) is 0 Å². The van der Waals surface area contributed by atoms with Crippen LogP contribution in [0.1, 0.15) is 34.1 Å². The lowest BCUT2D eigenvalue weighted by Gasteiger charge is -2.10. The van der Waals surface area contributed by atoms with Gasteiger partial charge in [0, 0.05) is 18.5 Å². The van der Waals surface area contributed by atoms with Crippen molar-refractivity contribution >= 4 is 11.8 Å². The molecule has 2 N–H and O–H groups in total. The Balaban J connectivity index is 3.46. The van der Waals surface area contributed by atoms with Crippen molar-refractivity contribution in [3.8, 4) is 0 Å². The summed E-state index contributed by atoms with van der Waals surface area (Å²) in [4.78, 5) is 22.3. The Morgan fingerprint density at radius 2 is 1.50 bits per heavy atom. The summed E-state index contributed by atoms with van der Waals surface area (Å²) in [6.07, 6.45) is 0.285. The highest BCUT2D eigenvalue weighted by Gasteiger charge is 2.05. The first-order valence-electron chi connectivity index (χ1n) is 5.58. The molecule has 0 saturated carbocycles. The third kappa shape index (κ3) is 9.45. The smallest absolute Gasteiger partial charge is 0.246 e. The molecule has 0 saturated heterocycles. The highest BCUT2D eigenvalue weighted by molar-refractivity contribution is 5.78. The molecule has 0 aromatic carbocycles. The van der Waals surface area contributed by atoms with Crippen LogP contribution >= 0.6 is 0 Å². The van der Waals surface area contributed by atoms with Crippen LogP contribution in [0, 0.1) is 0 Å². The fourth-order valence-electron chi connectivity index (χ4n) is 1.09. The maximum absolute atomic E-state index is 11.2. The Labute approximate surface area is 96.9 Å². The van der Waals surface area contributed by atoms with Crippen LogP contribution in [0.15, 0.2) is 0 Å². The maximum atomic E-state index is 11.2. The lowest BCUT2D eigenvalue weighted by Crippen LogP contribution is -2.34. The van der Waals surface area contributed by atoms with Crippen molar-refractivity contribution in [3.63, 3.8) is 0 Å². The Morgan fingerprint density at radius 1 is 1.00 bits per heavy atom. The molecule has 0 radical (unpaired) electrons. The minimum absolute atomic E-state index is 0.00708. The van der Waals surface area contributed by atoms with Crippen molar-refractivity contribution < 1.29 is 14.3 Å². The highest BCUT2D eigenvalue weighted by atomic mass is 16.5. The van der Waals surface area contributed by atoms with Gasteiger partial charge in [0.2, 0.25) is 11.8 Å². The molecule has 94 valence electrons. The SMILES string of the molecule is CC(C)NC(=O)CCOCC(=O)NC(C)C. The van der Waals surface area contributed by atoms with Crippen molar-refractivity contribution in [2.45, 2.75) is 46.2 Å². The number of nitrogens with one attached hydrogen (secondary N) is 2. The van der Waals surface area contributed by atoms with Crippen molar-refractivity contribution in [3.05, 3.63) is 0 Å². The number of hydrogen-bond donors (Lipinski definition) is 2. The summed E-state index contributed by atoms with van der Waals surface area (Å²) in [5.41, 5.74) is 0. The molecule has 0 unspecified atom stereocenters. The fourth-order valence-corrected chi connectivity index (χ4v) is 1.09. The summed E-state index contributed by atoms with van der Waals surface area (Å²) >= 11 is 0. The third-order valence-electron chi connectivity index (χ3n) is 1.61. The largest absolute Gasteiger partial charge is 0.371 e. The van der Waals surface area contributed by atoms with Crippen LogP contribution in [-0.4, -0.2) is 37.1 Å². The number of carbonyl (C=O) groups excluding carboxylic acids is 2. The summed E-state index contributed by atoms with van der Waals surface area (Å²) < 4.78 is 5.08. The molecular weight excluding hydrogens is 208 g/mol. The molecule has 0 fully saturated rings. The van der Waals surface area contributed by atoms with E-state index in [9.17, 15) is 9.59 Å². The molecule has 0 spiro atoms. The van der Waals surface area contributed by atoms with Crippen molar-refractivity contribution in [2.75, 3.05) is 13.2 Å². The number of ether oxygens (including phenoxy) is 1. The standard InChI is InChI=1S/C11H22N2O3/c1-8(2)12-10(14)5-6-16-7-11(15)13-9(3)4/h8-9H,5-7H2,1-4H3,(H,12,14)(H,13,15). The summed E-state index contributed by atoms with van der Waals surface area (Å²) in [6, 6.07) is 0.247. The fraction of sp³-hybridized carbons (Fsp3) is 0.818. The molecule has 0 aliphatic rings. The van der Waals surface area contributed by atoms with Crippen LogP contribution in [0.4, 0.5) is 0 Å². The maximum Gasteiger partial charge on any atom is 0.246 e. The number of hydrogen-bond acceptors (Lipinski definition) is 3. The second kappa shape index (κ2) is 8.10. The van der Waals surface area contributed by atoms with Crippen LogP contribution in [-0.2, 0) is 14.3 Å². The predicted octanol–water partition coefficient (Wildman–Crippen LogP) is 0.442. The number of rotatable bonds is 7. The van der Waals surface area contributed by atoms with Gasteiger partial charge in [-0.3, -0.25) is 9.59 Å². The van der Waals surface area contributed by atoms with E-state index < -0.39 is 0 Å². The van der Waals surface area contributed by atoms with Crippen molar-refractivity contribution in [1.29, 1.82) is 0 Å². The summed E-state index contributed by atoms with van der Waals surface area (Å²) in [7, 11) is 0. The van der Waals surface area contributed by atoms with Gasteiger partial charge in [0.05, 0.1) is 6.61 Å². The second-order valence-electron chi connectivity index (χ2n) is 4.25. The Morgan fingerprint density at radius 3 is 2.00 bits per heavy atom. The first-order chi connectivity index (χ1) is 7.41. The molecule has 2 amide bonds. The molecule has 0 atom stereocenters. The van der Waals surface area contributed by atoms with E-state index in [1.165, 1.54) is 0 Å². The summed E-state index contributed by atoms with van der Waals surface area (Å²) in [6.45, 7) is 7.84. The van der Waals surface area contributed by atoms with Gasteiger partial charge in [-0.05, 0) is 27.7 Å². The van der Waals surface area contributed by atoms with Gasteiger partial charge in [0.1, 0.15) is 6.61 Å². The lowest BCUT2D eigenvalue weighted by molar-refractivity contribution is -0.128. The van der Waals surface area contributed by atoms with Crippen LogP contribution in [0.3, 0.4) is 0 Å². The van der Waals surface area contributed by atoms with Gasteiger partial charge in [-0.2, -0.15) is 0 Å². The van der Waals surface area contributed by atoms with Gasteiger partial charge >= 0.3 is 0 Å². The minimum atomic E-state index is -0.153. The van der Waals surface area contributed by atoms with Crippen LogP contribution in [0.2, 0.25) is 0 Å². The van der Waals surface area contributed by atoms with E-state index in [2.05, 4.69) is 10.6 Å². The zero-order chi connectivity index (χ0) is 12.6. The summed E-state index contributed by atoms with van der Waals surface area (Å²) in [5.74, 6) is -0.210. The molecule has 0 rings (SSSR count). The van der Waals surface area contributed by atoms with E-state index in [-0.39, 0.29) is 43.5 Å². The van der Waals surface area contributed by atoms with Crippen LogP contribution in [0.5, 0.6) is 0 Å². The molecular formula is C11H22N2O3. The monoisotopic (exact) mass is 230 g/mol. The third-order valence-corrected chi connectivity index (χ3v) is 1.61. The van der Waals surface area contributed by atoms with Gasteiger partial charge in [-0.15, -0.1) is 0 Å². The quantitative estimate of drug-likeness (QED) is 0.624. The topological polar surface area (TPSA) is 67.4 Å². The Hall–Kier alpha value is -1.10. The first-order valence-corrected chi connectivity index (χ1v) is 5.58. The molecule has 16 heavy (non-hydrogen) atoms. The summed E-state index contributed by atoms with van der Waals surface area (Å²) in [5, 5.41) is 5.44. The van der Waals surface area contributed by atoms with Gasteiger partial charge in [0.25, 0.3) is 0 Å². The molecule has 0 aromatic heterocycles. The second-order valence-corrected chi connectivity index (χ2v) is 4.25. The van der Waals surface area contributed by atoms with Gasteiger partial charge in [0.15, 0.2) is 0 Å². The van der Waals surface area contributed by atoms with E-state index in [1.54, 1.807) is 0 Å². The van der Waals surface area contributed by atoms with Crippen LogP contribution in [0.25, 0.3) is 0 Å². The molecule has 0 heterocycles. The molecule has 0 aromatic rings. The lowest BCUT2D eigenvalue weighted by atomic mass is 10.3. The van der Waals surface area contributed by atoms with E-state index in [1.807, 2.05) is 27.7 Å². The van der Waals surface area contributed by atoms with Gasteiger partial charge in [-0.1, -0.05) is 0 Å².